The molecule has 1 radical (unpaired) electrons. The van der Waals surface area contributed by atoms with Crippen LogP contribution in [-0.4, -0.2) is 61.0 Å². The van der Waals surface area contributed by atoms with E-state index in [0.717, 1.165) is 18.7 Å². The van der Waals surface area contributed by atoms with Gasteiger partial charge in [0.2, 0.25) is 5.91 Å². The van der Waals surface area contributed by atoms with Crippen LogP contribution in [0.2, 0.25) is 0 Å². The molecule has 1 saturated carbocycles. The van der Waals surface area contributed by atoms with E-state index < -0.39 is 12.1 Å². The lowest BCUT2D eigenvalue weighted by molar-refractivity contribution is -0.122. The lowest BCUT2D eigenvalue weighted by atomic mass is 9.64. The number of carbonyl (C=O) groups is 2. The van der Waals surface area contributed by atoms with Crippen LogP contribution in [0.3, 0.4) is 0 Å². The van der Waals surface area contributed by atoms with E-state index in [1.165, 1.54) is 24.8 Å². The first-order valence-corrected chi connectivity index (χ1v) is 9.40. The van der Waals surface area contributed by atoms with Gasteiger partial charge in [-0.15, -0.1) is 0 Å². The number of carbonyl (C=O) groups excluding carboxylic acids is 2. The number of rotatable bonds is 5. The smallest absolute Gasteiger partial charge is 0.255 e. The first-order valence-electron chi connectivity index (χ1n) is 9.40. The minimum atomic E-state index is -0.684. The number of benzene rings is 1. The summed E-state index contributed by atoms with van der Waals surface area (Å²) in [4.78, 5) is 30.6. The van der Waals surface area contributed by atoms with Crippen LogP contribution in [0.4, 0.5) is 5.69 Å². The van der Waals surface area contributed by atoms with Crippen LogP contribution in [0.5, 0.6) is 0 Å². The predicted octanol–water partition coefficient (Wildman–Crippen LogP) is 1.11. The molecule has 3 aliphatic rings. The quantitative estimate of drug-likeness (QED) is 0.859. The Morgan fingerprint density at radius 1 is 1.27 bits per heavy atom. The molecule has 1 unspecified atom stereocenters. The first kappa shape index (κ1) is 17.5. The van der Waals surface area contributed by atoms with Crippen LogP contribution in [0.1, 0.15) is 31.2 Å². The van der Waals surface area contributed by atoms with Crippen LogP contribution >= 0.6 is 0 Å². The Bertz CT molecular complexity index is 711. The fraction of sp³-hybridized carbons (Fsp3) is 0.550. The monoisotopic (exact) mass is 355 g/mol. The number of primary amides is 1. The molecular formula is C20H27N4O2. The summed E-state index contributed by atoms with van der Waals surface area (Å²) in [6, 6.07) is 7.87. The van der Waals surface area contributed by atoms with E-state index in [-0.39, 0.29) is 17.4 Å². The van der Waals surface area contributed by atoms with Crippen LogP contribution < -0.4 is 10.6 Å². The summed E-state index contributed by atoms with van der Waals surface area (Å²) in [5, 5.41) is 0. The number of hydrogen-bond donors (Lipinski definition) is 1. The highest BCUT2D eigenvalue weighted by Crippen LogP contribution is 2.45. The third kappa shape index (κ3) is 2.63. The van der Waals surface area contributed by atoms with E-state index in [1.54, 1.807) is 4.90 Å². The zero-order valence-electron chi connectivity index (χ0n) is 15.5. The summed E-state index contributed by atoms with van der Waals surface area (Å²) in [6.45, 7) is 1.73. The van der Waals surface area contributed by atoms with Crippen LogP contribution in [0, 0.1) is 6.42 Å². The molecule has 0 spiro atoms. The molecule has 2 atom stereocenters. The highest BCUT2D eigenvalue weighted by molar-refractivity contribution is 6.06. The van der Waals surface area contributed by atoms with E-state index in [2.05, 4.69) is 31.1 Å². The Hall–Kier alpha value is -1.92. The van der Waals surface area contributed by atoms with Crippen molar-refractivity contribution in [2.75, 3.05) is 32.1 Å². The maximum atomic E-state index is 12.8. The largest absolute Gasteiger partial charge is 0.367 e. The van der Waals surface area contributed by atoms with Crippen LogP contribution in [-0.2, 0) is 15.0 Å². The summed E-state index contributed by atoms with van der Waals surface area (Å²) in [5.74, 6) is -0.519. The van der Waals surface area contributed by atoms with Gasteiger partial charge in [0.05, 0.1) is 6.04 Å². The van der Waals surface area contributed by atoms with Crippen molar-refractivity contribution in [1.82, 2.24) is 9.80 Å². The predicted molar refractivity (Wildman–Crippen MR) is 100 cm³/mol. The molecule has 1 aromatic carbocycles. The minimum Gasteiger partial charge on any atom is -0.367 e. The SMILES string of the molecule is CN(C)CC1(c2ccc(N3C(=O)[C@@H]4[CH]CCN4C3C(N)=O)cc2)CCC1. The number of amides is 2. The average Bonchev–Trinajstić information content (AvgIpc) is 3.13. The molecule has 2 amide bonds. The van der Waals surface area contributed by atoms with Crippen molar-refractivity contribution in [1.29, 1.82) is 0 Å². The zero-order chi connectivity index (χ0) is 18.5. The molecule has 4 rings (SSSR count). The maximum absolute atomic E-state index is 12.8. The minimum absolute atomic E-state index is 0.0503. The van der Waals surface area contributed by atoms with E-state index in [0.29, 0.717) is 6.54 Å². The Balaban J connectivity index is 1.62. The van der Waals surface area contributed by atoms with Crippen molar-refractivity contribution >= 4 is 17.5 Å². The molecule has 3 fully saturated rings. The Kier molecular flexibility index (Phi) is 4.28. The second-order valence-electron chi connectivity index (χ2n) is 8.11. The summed E-state index contributed by atoms with van der Waals surface area (Å²) in [6.07, 6.45) is 5.77. The molecule has 1 aromatic rings. The van der Waals surface area contributed by atoms with Gasteiger partial charge in [-0.05, 0) is 57.5 Å². The van der Waals surface area contributed by atoms with Gasteiger partial charge in [-0.1, -0.05) is 18.6 Å². The summed E-state index contributed by atoms with van der Waals surface area (Å²) in [5.41, 5.74) is 7.92. The van der Waals surface area contributed by atoms with Gasteiger partial charge in [-0.25, -0.2) is 0 Å². The highest BCUT2D eigenvalue weighted by Gasteiger charge is 2.51. The fourth-order valence-electron chi connectivity index (χ4n) is 4.87. The number of nitrogens with zero attached hydrogens (tertiary/aromatic N) is 3. The van der Waals surface area contributed by atoms with Gasteiger partial charge in [0, 0.05) is 24.2 Å². The summed E-state index contributed by atoms with van der Waals surface area (Å²) in [7, 11) is 4.22. The van der Waals surface area contributed by atoms with Crippen molar-refractivity contribution in [2.45, 2.75) is 43.3 Å². The van der Waals surface area contributed by atoms with Crippen molar-refractivity contribution in [3.05, 3.63) is 36.2 Å². The molecule has 0 bridgehead atoms. The Morgan fingerprint density at radius 2 is 1.96 bits per heavy atom. The van der Waals surface area contributed by atoms with Gasteiger partial charge < -0.3 is 10.6 Å². The number of nitrogens with two attached hydrogens (primary N) is 1. The van der Waals surface area contributed by atoms with Gasteiger partial charge in [0.15, 0.2) is 6.17 Å². The van der Waals surface area contributed by atoms with Gasteiger partial charge in [0.25, 0.3) is 5.91 Å². The van der Waals surface area contributed by atoms with E-state index in [1.807, 2.05) is 23.5 Å². The molecule has 6 heteroatoms. The maximum Gasteiger partial charge on any atom is 0.255 e. The fourth-order valence-corrected chi connectivity index (χ4v) is 4.87. The molecule has 139 valence electrons. The van der Waals surface area contributed by atoms with Crippen LogP contribution in [0.15, 0.2) is 24.3 Å². The summed E-state index contributed by atoms with van der Waals surface area (Å²) < 4.78 is 0. The third-order valence-corrected chi connectivity index (χ3v) is 6.13. The number of fused-ring (bicyclic) bond motifs is 1. The molecule has 2 saturated heterocycles. The lowest BCUT2D eigenvalue weighted by Gasteiger charge is -2.44. The van der Waals surface area contributed by atoms with Gasteiger partial charge >= 0.3 is 0 Å². The molecule has 1 aliphatic carbocycles. The normalized spacial score (nSPS) is 27.7. The van der Waals surface area contributed by atoms with Gasteiger partial charge in [-0.3, -0.25) is 19.4 Å². The van der Waals surface area contributed by atoms with Gasteiger partial charge in [-0.2, -0.15) is 0 Å². The number of likely N-dealkylation sites (N-methyl/N-ethyl adjacent to an activating group) is 1. The molecule has 0 aromatic heterocycles. The second kappa shape index (κ2) is 6.35. The first-order chi connectivity index (χ1) is 12.4. The van der Waals surface area contributed by atoms with Crippen molar-refractivity contribution in [3.63, 3.8) is 0 Å². The molecule has 2 N–H and O–H groups in total. The topological polar surface area (TPSA) is 69.9 Å². The van der Waals surface area contributed by atoms with Crippen molar-refractivity contribution in [3.8, 4) is 0 Å². The van der Waals surface area contributed by atoms with Gasteiger partial charge in [0.1, 0.15) is 0 Å². The summed E-state index contributed by atoms with van der Waals surface area (Å²) >= 11 is 0. The second-order valence-corrected chi connectivity index (χ2v) is 8.11. The van der Waals surface area contributed by atoms with Crippen LogP contribution in [0.25, 0.3) is 0 Å². The number of anilines is 1. The van der Waals surface area contributed by atoms with E-state index in [4.69, 9.17) is 5.73 Å². The van der Waals surface area contributed by atoms with Crippen molar-refractivity contribution < 1.29 is 9.59 Å². The zero-order valence-corrected chi connectivity index (χ0v) is 15.5. The molecule has 26 heavy (non-hydrogen) atoms. The third-order valence-electron chi connectivity index (χ3n) is 6.13. The standard InChI is InChI=1S/C20H27N4O2/c1-22(2)13-20(10-4-11-20)14-6-8-15(9-7-14)24-18(17(21)25)23-12-3-5-16(23)19(24)26/h5-9,16,18H,3-4,10-13H2,1-2H3,(H2,21,25)/t16-,18?/m0/s1. The number of hydrogen-bond acceptors (Lipinski definition) is 4. The lowest BCUT2D eigenvalue weighted by Crippen LogP contribution is -2.49. The molecule has 6 nitrogen and oxygen atoms in total. The highest BCUT2D eigenvalue weighted by atomic mass is 16.2. The van der Waals surface area contributed by atoms with E-state index >= 15 is 0 Å². The Morgan fingerprint density at radius 3 is 2.50 bits per heavy atom. The molecular weight excluding hydrogens is 328 g/mol. The Labute approximate surface area is 154 Å². The molecule has 2 heterocycles. The van der Waals surface area contributed by atoms with Crippen molar-refractivity contribution in [2.24, 2.45) is 5.73 Å². The average molecular weight is 355 g/mol. The molecule has 2 aliphatic heterocycles. The van der Waals surface area contributed by atoms with E-state index in [9.17, 15) is 9.59 Å².